The zero-order valence-corrected chi connectivity index (χ0v) is 18.9. The van der Waals surface area contributed by atoms with Crippen LogP contribution in [0.25, 0.3) is 0 Å². The fourth-order valence-electron chi connectivity index (χ4n) is 7.95. The molecule has 0 aromatic carbocycles. The van der Waals surface area contributed by atoms with Crippen LogP contribution in [0.15, 0.2) is 23.3 Å². The van der Waals surface area contributed by atoms with Gasteiger partial charge in [-0.25, -0.2) is 4.79 Å². The lowest BCUT2D eigenvalue weighted by Crippen LogP contribution is -2.66. The number of esters is 2. The summed E-state index contributed by atoms with van der Waals surface area (Å²) < 4.78 is 10.5. The Morgan fingerprint density at radius 1 is 1.25 bits per heavy atom. The molecule has 4 aliphatic carbocycles. The summed E-state index contributed by atoms with van der Waals surface area (Å²) in [5.74, 6) is -1.14. The highest BCUT2D eigenvalue weighted by atomic mass is 16.6. The lowest BCUT2D eigenvalue weighted by atomic mass is 9.42. The number of hydrogen-bond donors (Lipinski definition) is 2. The van der Waals surface area contributed by atoms with E-state index < -0.39 is 34.6 Å². The van der Waals surface area contributed by atoms with E-state index in [0.29, 0.717) is 25.7 Å². The van der Waals surface area contributed by atoms with Crippen molar-refractivity contribution in [3.63, 3.8) is 0 Å². The molecule has 2 N–H and O–H groups in total. The van der Waals surface area contributed by atoms with Gasteiger partial charge >= 0.3 is 11.9 Å². The van der Waals surface area contributed by atoms with Gasteiger partial charge in [-0.2, -0.15) is 0 Å². The number of cyclic esters (lactones) is 1. The molecule has 0 saturated heterocycles. The van der Waals surface area contributed by atoms with Crippen molar-refractivity contribution >= 4 is 17.7 Å². The van der Waals surface area contributed by atoms with Crippen molar-refractivity contribution in [2.24, 2.45) is 28.6 Å². The fourth-order valence-corrected chi connectivity index (χ4v) is 7.95. The third-order valence-corrected chi connectivity index (χ3v) is 9.45. The first kappa shape index (κ1) is 21.8. The van der Waals surface area contributed by atoms with Crippen LogP contribution in [0.1, 0.15) is 59.3 Å². The molecule has 1 heterocycles. The Hall–Kier alpha value is -1.99. The second-order valence-electron chi connectivity index (χ2n) is 11.0. The van der Waals surface area contributed by atoms with E-state index in [2.05, 4.69) is 6.92 Å². The molecule has 0 bridgehead atoms. The number of ether oxygens (including phenoxy) is 2. The Balaban J connectivity index is 1.50. The third-order valence-electron chi connectivity index (χ3n) is 9.45. The first-order chi connectivity index (χ1) is 15.0. The van der Waals surface area contributed by atoms with Crippen LogP contribution in [0.5, 0.6) is 0 Å². The second kappa shape index (κ2) is 7.00. The molecular formula is C25H32O7. The van der Waals surface area contributed by atoms with Crippen molar-refractivity contribution in [2.75, 3.05) is 6.61 Å². The van der Waals surface area contributed by atoms with E-state index in [-0.39, 0.29) is 42.5 Å². The Morgan fingerprint density at radius 3 is 2.66 bits per heavy atom. The maximum absolute atomic E-state index is 13.8. The van der Waals surface area contributed by atoms with Crippen LogP contribution in [-0.4, -0.2) is 52.4 Å². The lowest BCUT2D eigenvalue weighted by Gasteiger charge is -2.62. The van der Waals surface area contributed by atoms with Gasteiger partial charge in [-0.05, 0) is 54.9 Å². The van der Waals surface area contributed by atoms with Gasteiger partial charge in [0.1, 0.15) is 18.5 Å². The van der Waals surface area contributed by atoms with Crippen molar-refractivity contribution in [3.8, 4) is 0 Å². The summed E-state index contributed by atoms with van der Waals surface area (Å²) in [6.07, 6.45) is 5.19. The monoisotopic (exact) mass is 444 g/mol. The van der Waals surface area contributed by atoms with Crippen molar-refractivity contribution in [2.45, 2.75) is 77.1 Å². The van der Waals surface area contributed by atoms with Gasteiger partial charge in [0.25, 0.3) is 0 Å². The molecule has 1 aliphatic heterocycles. The summed E-state index contributed by atoms with van der Waals surface area (Å²) in [4.78, 5) is 37.1. The minimum Gasteiger partial charge on any atom is -0.460 e. The van der Waals surface area contributed by atoms with Crippen LogP contribution in [0, 0.1) is 28.6 Å². The summed E-state index contributed by atoms with van der Waals surface area (Å²) in [6, 6.07) is 0. The first-order valence-corrected chi connectivity index (χ1v) is 11.7. The topological polar surface area (TPSA) is 110 Å². The predicted molar refractivity (Wildman–Crippen MR) is 113 cm³/mol. The molecular weight excluding hydrogens is 412 g/mol. The molecule has 0 spiro atoms. The molecule has 5 aliphatic rings. The molecule has 8 atom stereocenters. The summed E-state index contributed by atoms with van der Waals surface area (Å²) in [5.41, 5.74) is -0.686. The van der Waals surface area contributed by atoms with Crippen molar-refractivity contribution < 1.29 is 34.1 Å². The number of ketones is 1. The number of Topliss-reactive ketones (excluding diaryl/α,β-unsaturated/α-hetero) is 1. The van der Waals surface area contributed by atoms with Gasteiger partial charge in [-0.3, -0.25) is 9.59 Å². The Labute approximate surface area is 187 Å². The number of carbonyl (C=O) groups is 3. The number of aliphatic hydroxyl groups is 2. The highest BCUT2D eigenvalue weighted by molar-refractivity contribution is 5.89. The van der Waals surface area contributed by atoms with Gasteiger partial charge in [0.15, 0.2) is 0 Å². The van der Waals surface area contributed by atoms with Crippen molar-refractivity contribution in [1.82, 2.24) is 0 Å². The molecule has 0 aromatic rings. The van der Waals surface area contributed by atoms with E-state index in [9.17, 15) is 24.6 Å². The zero-order chi connectivity index (χ0) is 23.1. The molecule has 0 radical (unpaired) electrons. The van der Waals surface area contributed by atoms with Gasteiger partial charge in [-0.1, -0.05) is 19.9 Å². The van der Waals surface area contributed by atoms with Crippen LogP contribution in [-0.2, 0) is 23.9 Å². The second-order valence-corrected chi connectivity index (χ2v) is 11.0. The maximum atomic E-state index is 13.8. The zero-order valence-electron chi connectivity index (χ0n) is 18.9. The highest BCUT2D eigenvalue weighted by Crippen LogP contribution is 2.67. The number of aliphatic hydroxyl groups excluding tert-OH is 1. The SMILES string of the molecule is CC(=O)O[C@H]1C[C@@]2(C)[C@H](CC[C@@H]3[C@@H]2C(=O)C[C@]2(C)C(C4=CC(=O)OC4)=CC[C@]32O)C[C@@H]1O. The molecule has 3 fully saturated rings. The van der Waals surface area contributed by atoms with Crippen LogP contribution in [0.3, 0.4) is 0 Å². The normalized spacial score (nSPS) is 47.6. The molecule has 0 amide bonds. The maximum Gasteiger partial charge on any atom is 0.331 e. The fraction of sp³-hybridized carbons (Fsp3) is 0.720. The Bertz CT molecular complexity index is 950. The van der Waals surface area contributed by atoms with Gasteiger partial charge in [-0.15, -0.1) is 0 Å². The highest BCUT2D eigenvalue weighted by Gasteiger charge is 2.69. The molecule has 7 nitrogen and oxygen atoms in total. The summed E-state index contributed by atoms with van der Waals surface area (Å²) >= 11 is 0. The van der Waals surface area contributed by atoms with Gasteiger partial charge in [0.2, 0.25) is 0 Å². The third kappa shape index (κ3) is 2.83. The van der Waals surface area contributed by atoms with Gasteiger partial charge < -0.3 is 19.7 Å². The minimum atomic E-state index is -1.09. The molecule has 3 saturated carbocycles. The quantitative estimate of drug-likeness (QED) is 0.629. The van der Waals surface area contributed by atoms with Crippen molar-refractivity contribution in [3.05, 3.63) is 23.3 Å². The molecule has 32 heavy (non-hydrogen) atoms. The lowest BCUT2D eigenvalue weighted by molar-refractivity contribution is -0.211. The van der Waals surface area contributed by atoms with E-state index >= 15 is 0 Å². The summed E-state index contributed by atoms with van der Waals surface area (Å²) in [5, 5.41) is 22.7. The molecule has 5 rings (SSSR count). The molecule has 174 valence electrons. The number of carbonyl (C=O) groups excluding carboxylic acids is 3. The molecule has 7 heteroatoms. The van der Waals surface area contributed by atoms with Gasteiger partial charge in [0.05, 0.1) is 11.7 Å². The molecule has 0 unspecified atom stereocenters. The first-order valence-electron chi connectivity index (χ1n) is 11.7. The van der Waals surface area contributed by atoms with E-state index in [0.717, 1.165) is 17.6 Å². The average molecular weight is 445 g/mol. The Morgan fingerprint density at radius 2 is 2.00 bits per heavy atom. The summed E-state index contributed by atoms with van der Waals surface area (Å²) in [6.45, 7) is 5.55. The average Bonchev–Trinajstić information content (AvgIpc) is 3.23. The minimum absolute atomic E-state index is 0.117. The van der Waals surface area contributed by atoms with E-state index in [4.69, 9.17) is 9.47 Å². The number of rotatable bonds is 2. The van der Waals surface area contributed by atoms with E-state index in [1.807, 2.05) is 13.0 Å². The molecule has 0 aromatic heterocycles. The number of hydrogen-bond acceptors (Lipinski definition) is 7. The van der Waals surface area contributed by atoms with E-state index in [1.165, 1.54) is 13.0 Å². The Kier molecular flexibility index (Phi) is 4.78. The predicted octanol–water partition coefficient (Wildman–Crippen LogP) is 2.25. The van der Waals surface area contributed by atoms with E-state index in [1.54, 1.807) is 0 Å². The smallest absolute Gasteiger partial charge is 0.331 e. The van der Waals surface area contributed by atoms with Crippen molar-refractivity contribution in [1.29, 1.82) is 0 Å². The van der Waals surface area contributed by atoms with Gasteiger partial charge in [0, 0.05) is 36.3 Å². The number of fused-ring (bicyclic) bond motifs is 5. The van der Waals surface area contributed by atoms with Crippen LogP contribution in [0.2, 0.25) is 0 Å². The summed E-state index contributed by atoms with van der Waals surface area (Å²) in [7, 11) is 0. The van der Waals surface area contributed by atoms with Crippen LogP contribution >= 0.6 is 0 Å². The largest absolute Gasteiger partial charge is 0.460 e. The van der Waals surface area contributed by atoms with Crippen LogP contribution in [0.4, 0.5) is 0 Å². The van der Waals surface area contributed by atoms with Crippen LogP contribution < -0.4 is 0 Å². The standard InChI is InChI=1S/C25H32O7/c1-13(26)32-20-11-23(2)15(9-18(20)27)4-5-17-22(23)19(28)10-24(3)16(6-7-25(17,24)30)14-8-21(29)31-12-14/h6,8,15,17-18,20,22,27,30H,4-5,7,9-12H2,1-3H3/t15-,17-,18+,20+,22-,23+,24-,25+/m1/s1.